The third-order valence-corrected chi connectivity index (χ3v) is 17.1. The van der Waals surface area contributed by atoms with Gasteiger partial charge in [-0.1, -0.05) is 72.3 Å². The van der Waals surface area contributed by atoms with Crippen molar-refractivity contribution in [3.05, 3.63) is 300 Å². The Kier molecular flexibility index (Phi) is 45.5. The molecule has 0 unspecified atom stereocenters. The molecule has 690 valence electrons. The number of nitrogens with two attached hydrogens (primary N) is 3. The molecule has 36 nitrogen and oxygen atoms in total. The van der Waals surface area contributed by atoms with Gasteiger partial charge in [0.05, 0.1) is 73.7 Å². The van der Waals surface area contributed by atoms with Crippen LogP contribution < -0.4 is 38.9 Å². The second kappa shape index (κ2) is 54.7. The molecule has 0 atom stereocenters. The highest BCUT2D eigenvalue weighted by Crippen LogP contribution is 2.61. The third-order valence-electron chi connectivity index (χ3n) is 16.6. The van der Waals surface area contributed by atoms with Crippen molar-refractivity contribution in [2.75, 3.05) is 42.4 Å². The Labute approximate surface area is 777 Å². The molecule has 0 aliphatic carbocycles. The van der Waals surface area contributed by atoms with Gasteiger partial charge >= 0.3 is 11.0 Å². The highest BCUT2D eigenvalue weighted by molar-refractivity contribution is 8.24. The monoisotopic (exact) mass is 1930 g/mol. The first-order valence-corrected chi connectivity index (χ1v) is 43.0. The van der Waals surface area contributed by atoms with Gasteiger partial charge in [-0.05, 0) is 193 Å². The van der Waals surface area contributed by atoms with E-state index in [1.54, 1.807) is 183 Å². The van der Waals surface area contributed by atoms with E-state index in [1.165, 1.54) is 68.6 Å². The number of aliphatic hydroxyl groups excluding tert-OH is 1. The van der Waals surface area contributed by atoms with Crippen molar-refractivity contribution in [1.82, 2.24) is 94.2 Å². The number of hydrogen-bond donors (Lipinski definition) is 10. The molecule has 132 heavy (non-hydrogen) atoms. The smallest absolute Gasteiger partial charge is 0.502 e. The van der Waals surface area contributed by atoms with Crippen LogP contribution in [0.5, 0.6) is 0 Å². The number of aliphatic hydroxyl groups is 1. The van der Waals surface area contributed by atoms with Crippen LogP contribution in [0.1, 0.15) is 81.1 Å². The summed E-state index contributed by atoms with van der Waals surface area (Å²) in [6.07, 6.45) is 6.70. The van der Waals surface area contributed by atoms with Crippen molar-refractivity contribution >= 4 is 135 Å². The number of nitrogens with one attached hydrogen (secondary N) is 4. The summed E-state index contributed by atoms with van der Waals surface area (Å²) in [7, 11) is 10.2. The Bertz CT molecular complexity index is 6710. The van der Waals surface area contributed by atoms with Gasteiger partial charge in [0, 0.05) is 78.0 Å². The van der Waals surface area contributed by atoms with Crippen LogP contribution in [0, 0.1) is 99.5 Å². The van der Waals surface area contributed by atoms with Gasteiger partial charge in [-0.25, -0.2) is 51.6 Å². The van der Waals surface area contributed by atoms with Crippen LogP contribution in [-0.4, -0.2) is 136 Å². The van der Waals surface area contributed by atoms with Crippen molar-refractivity contribution < 1.29 is 56.5 Å². The summed E-state index contributed by atoms with van der Waals surface area (Å²) in [6, 6.07) is 41.3. The van der Waals surface area contributed by atoms with E-state index < -0.39 is 33.8 Å². The fraction of sp³-hybridized carbons (Fsp3) is 0.188. The number of fused-ring (bicyclic) bond motifs is 3. The lowest BCUT2D eigenvalue weighted by atomic mass is 10.2. The molecule has 47 heteroatoms. The van der Waals surface area contributed by atoms with Gasteiger partial charge < -0.3 is 36.9 Å². The van der Waals surface area contributed by atoms with Crippen molar-refractivity contribution in [2.24, 2.45) is 41.1 Å². The van der Waals surface area contributed by atoms with Gasteiger partial charge in [-0.2, -0.15) is 45.7 Å². The number of carbonyl (C=O) groups excluding carboxylic acids is 2. The number of anilines is 5. The van der Waals surface area contributed by atoms with E-state index >= 15 is 0 Å². The molecule has 0 aliphatic rings. The SMILES string of the molecule is CCO.CNN.Cc1nn(C)c(N)c1C#N.Cc1nn(C)c(NC(=O)c2ccccc2F)c1C#N.Cc1nn(C)c2nc(-c3ccccc3F)[nH]c(=O)c12.Cc1nn(C)c2nc(-c3ccccc3F)nc(Cl)c12.Cc1nn(C)c2nc(-c3ccccc3F)nc(Nc3ccncc3)c12.Nc1ccncc1.O=C(Cl)c1ccccc1F.O=P(Cl)(Cl)Cl.OO.[C-]#[N+]C([N+]#[C-])=C(C)OCC. The molecule has 0 aliphatic heterocycles. The van der Waals surface area contributed by atoms with Crippen LogP contribution in [-0.2, 0) is 44.5 Å². The number of rotatable bonds is 10. The molecular weight excluding hydrogens is 1840 g/mol. The lowest BCUT2D eigenvalue weighted by molar-refractivity contribution is -0.176. The van der Waals surface area contributed by atoms with Crippen LogP contribution in [0.2, 0.25) is 5.15 Å². The van der Waals surface area contributed by atoms with Crippen molar-refractivity contribution in [3.63, 3.8) is 0 Å². The lowest BCUT2D eigenvalue weighted by Crippen LogP contribution is -2.16. The number of pyridine rings is 2. The Morgan fingerprint density at radius 1 is 0.568 bits per heavy atom. The lowest BCUT2D eigenvalue weighted by Gasteiger charge is -2.10. The molecule has 15 aromatic rings. The molecule has 0 spiro atoms. The number of halogens is 10. The summed E-state index contributed by atoms with van der Waals surface area (Å²) >= 11 is 25.0. The van der Waals surface area contributed by atoms with Crippen LogP contribution in [0.4, 0.5) is 50.8 Å². The van der Waals surface area contributed by atoms with Gasteiger partial charge in [0.15, 0.2) is 34.3 Å². The number of aromatic amines is 1. The van der Waals surface area contributed by atoms with Crippen molar-refractivity contribution in [1.29, 1.82) is 10.5 Å². The number of hydrogen-bond acceptors (Lipinski definition) is 27. The topological polar surface area (TPSA) is 504 Å². The Hall–Kier alpha value is -14.6. The maximum Gasteiger partial charge on any atom is 0.557 e. The highest BCUT2D eigenvalue weighted by atomic mass is 36.0. The molecule has 10 heterocycles. The molecule has 0 saturated carbocycles. The van der Waals surface area contributed by atoms with Crippen molar-refractivity contribution in [2.45, 2.75) is 55.4 Å². The number of aryl methyl sites for hydroxylation is 10. The average molecular weight is 1930 g/mol. The molecule has 0 radical (unpaired) electrons. The fourth-order valence-electron chi connectivity index (χ4n) is 11.0. The van der Waals surface area contributed by atoms with Gasteiger partial charge in [0.2, 0.25) is 0 Å². The Morgan fingerprint density at radius 2 is 0.947 bits per heavy atom. The van der Waals surface area contributed by atoms with Crippen molar-refractivity contribution in [3.8, 4) is 46.3 Å². The fourth-order valence-corrected chi connectivity index (χ4v) is 11.4. The molecule has 15 rings (SSSR count). The molecule has 0 bridgehead atoms. The van der Waals surface area contributed by atoms with E-state index in [0.717, 1.165) is 28.1 Å². The maximum absolute atomic E-state index is 14.2. The van der Waals surface area contributed by atoms with Crippen LogP contribution in [0.25, 0.3) is 77.0 Å². The predicted molar refractivity (Wildman–Crippen MR) is 498 cm³/mol. The van der Waals surface area contributed by atoms with Crippen LogP contribution in [0.3, 0.4) is 0 Å². The largest absolute Gasteiger partial charge is 0.557 e. The van der Waals surface area contributed by atoms with Gasteiger partial charge in [0.25, 0.3) is 16.7 Å². The molecular formula is C85H87Cl5F5N28O8P. The third kappa shape index (κ3) is 32.6. The van der Waals surface area contributed by atoms with E-state index in [1.807, 2.05) is 52.1 Å². The van der Waals surface area contributed by atoms with E-state index in [9.17, 15) is 40.9 Å². The standard InChI is InChI=1S/C18H15FN6.C13H10ClFN4.2C13H11FN4O.C7H4ClFO.C7H8N2O.C6H8N4.C5H6N2.C2H6O.CH6N2.Cl3OP.H2O2/c1-11-15-17(21-12-7-9-20-10-8-12)22-16(23-18(15)25(2)24-11)13-5-3-4-6-14(13)19;1-7-10-11(14)16-12(17-13(10)19(2)18-7)8-5-3-4-6-9(8)15;1-7-10-12(18(2)17-7)15-11(16-13(10)19)8-5-3-4-6-9(8)14;1-8-10(7-15)12(18(2)17-8)16-13(19)9-5-3-4-6-11(9)14;8-7(10)5-3-1-2-4-6(5)9;1-5-10-6(2)7(8-3)9-4;1-4-5(3-7)6(8)10(2)9-4;6-5-1-3-7-4-2-5;1-2-3;1-3-2;1-5(2,3)4;1-2/h3-10H,1-2H3,(H,20,21,22,23);3-6H,1-2H3;3-6H,1-2H3,(H,15,16,19);3-6H,1-2H3,(H,16,19);1-4H;5H2,1-2H3;8H2,1-2H3;1-4H,(H2,6,7);2*3H,2H2,1H3;;1-2H. The van der Waals surface area contributed by atoms with E-state index in [2.05, 4.69) is 131 Å². The number of ether oxygens (including phenoxy) is 1. The first kappa shape index (κ1) is 110. The first-order chi connectivity index (χ1) is 62.7. The molecule has 1 amide bonds. The summed E-state index contributed by atoms with van der Waals surface area (Å²) in [4.78, 5) is 72.6. The minimum Gasteiger partial charge on any atom is -0.502 e. The van der Waals surface area contributed by atoms with E-state index in [4.69, 9.17) is 78.7 Å². The second-order valence-electron chi connectivity index (χ2n) is 25.8. The van der Waals surface area contributed by atoms with Crippen LogP contribution >= 0.6 is 62.1 Å². The summed E-state index contributed by atoms with van der Waals surface area (Å²) in [5, 5.41) is 61.9. The quantitative estimate of drug-likeness (QED) is 0.00699. The Morgan fingerprint density at radius 3 is 1.34 bits per heavy atom. The minimum atomic E-state index is -3.22. The zero-order valence-corrected chi connectivity index (χ0v) is 77.5. The number of nitriles is 2. The number of hydrazine groups is 1. The highest BCUT2D eigenvalue weighted by Gasteiger charge is 2.23. The summed E-state index contributed by atoms with van der Waals surface area (Å²) in [5.41, 5.74) is 20.9. The molecule has 0 fully saturated rings. The van der Waals surface area contributed by atoms with Crippen LogP contribution in [0.15, 0.2) is 187 Å². The number of allylic oxidation sites excluding steroid dienone is 1. The molecule has 10 aromatic heterocycles. The summed E-state index contributed by atoms with van der Waals surface area (Å²) in [5.74, 6) is 4.10. The van der Waals surface area contributed by atoms with Gasteiger partial charge in [-0.15, -0.1) is 0 Å². The van der Waals surface area contributed by atoms with Gasteiger partial charge in [-0.3, -0.25) is 69.4 Å². The minimum absolute atomic E-state index is 0.0156. The Balaban J connectivity index is 0.000000317. The number of nitrogens with zero attached hydrogens (tertiary/aromatic N) is 21. The number of carbonyl (C=O) groups is 2. The number of H-pyrrole nitrogens is 1. The number of amides is 1. The summed E-state index contributed by atoms with van der Waals surface area (Å²) in [6.45, 7) is 27.8. The number of benzene rings is 5. The zero-order chi connectivity index (χ0) is 98.8. The van der Waals surface area contributed by atoms with Gasteiger partial charge in [0.1, 0.15) is 99.3 Å². The van der Waals surface area contributed by atoms with E-state index in [-0.39, 0.29) is 74.5 Å². The average Bonchev–Trinajstić information content (AvgIpc) is 1.61. The molecule has 0 saturated heterocycles. The molecule has 13 N–H and O–H groups in total. The normalized spacial score (nSPS) is 9.91. The number of nitrogen functional groups attached to an aromatic ring is 2. The summed E-state index contributed by atoms with van der Waals surface area (Å²) < 4.78 is 89.9. The maximum atomic E-state index is 14.2. The first-order valence-electron chi connectivity index (χ1n) is 37.9. The predicted octanol–water partition coefficient (Wildman–Crippen LogP) is 17.5. The molecule has 5 aromatic carbocycles. The van der Waals surface area contributed by atoms with E-state index in [0.29, 0.717) is 91.3 Å². The zero-order valence-electron chi connectivity index (χ0n) is 72.8. The number of aromatic nitrogens is 18. The second-order valence-corrected chi connectivity index (χ2v) is 33.1.